The minimum Gasteiger partial charge on any atom is -0.452 e. The van der Waals surface area contributed by atoms with Crippen LogP contribution in [0.2, 0.25) is 0 Å². The van der Waals surface area contributed by atoms with Gasteiger partial charge in [-0.3, -0.25) is 10.1 Å². The lowest BCUT2D eigenvalue weighted by Crippen LogP contribution is -2.44. The van der Waals surface area contributed by atoms with Gasteiger partial charge in [0.15, 0.2) is 6.61 Å². The zero-order valence-electron chi connectivity index (χ0n) is 11.8. The minimum atomic E-state index is -0.967. The van der Waals surface area contributed by atoms with E-state index >= 15 is 0 Å². The maximum Gasteiger partial charge on any atom is 0.341 e. The van der Waals surface area contributed by atoms with E-state index in [9.17, 15) is 18.8 Å². The molecule has 0 aliphatic carbocycles. The number of rotatable bonds is 5. The van der Waals surface area contributed by atoms with E-state index in [1.54, 1.807) is 6.92 Å². The second kappa shape index (κ2) is 7.98. The minimum absolute atomic E-state index is 0.0845. The predicted molar refractivity (Wildman–Crippen MR) is 73.1 cm³/mol. The lowest BCUT2D eigenvalue weighted by molar-refractivity contribution is -0.123. The lowest BCUT2D eigenvalue weighted by atomic mass is 10.2. The van der Waals surface area contributed by atoms with Crippen molar-refractivity contribution in [2.45, 2.75) is 26.3 Å². The molecule has 0 radical (unpaired) electrons. The summed E-state index contributed by atoms with van der Waals surface area (Å²) in [6, 6.07) is 4.49. The number of ether oxygens (including phenoxy) is 1. The third-order valence-electron chi connectivity index (χ3n) is 2.67. The number of carbonyl (C=O) groups is 3. The van der Waals surface area contributed by atoms with Gasteiger partial charge in [-0.1, -0.05) is 19.1 Å². The van der Waals surface area contributed by atoms with Gasteiger partial charge < -0.3 is 10.1 Å². The van der Waals surface area contributed by atoms with Crippen LogP contribution in [0.4, 0.5) is 9.18 Å². The van der Waals surface area contributed by atoms with Crippen LogP contribution >= 0.6 is 0 Å². The highest BCUT2D eigenvalue weighted by Crippen LogP contribution is 2.07. The van der Waals surface area contributed by atoms with Crippen LogP contribution in [0.25, 0.3) is 0 Å². The average Bonchev–Trinajstić information content (AvgIpc) is 2.44. The summed E-state index contributed by atoms with van der Waals surface area (Å²) in [5, 5.41) is 4.52. The first-order valence-electron chi connectivity index (χ1n) is 6.46. The Bertz CT molecular complexity index is 533. The second-order valence-corrected chi connectivity index (χ2v) is 4.39. The van der Waals surface area contributed by atoms with Crippen LogP contribution in [-0.4, -0.2) is 30.6 Å². The SMILES string of the molecule is CC[C@@H](C)NC(=O)NC(=O)COC(=O)c1ccccc1F. The van der Waals surface area contributed by atoms with Gasteiger partial charge in [-0.05, 0) is 25.5 Å². The molecular formula is C14H17FN2O4. The first-order chi connectivity index (χ1) is 9.93. The Morgan fingerprint density at radius 3 is 2.57 bits per heavy atom. The summed E-state index contributed by atoms with van der Waals surface area (Å²) in [5.41, 5.74) is -0.269. The highest BCUT2D eigenvalue weighted by molar-refractivity contribution is 5.97. The Labute approximate surface area is 121 Å². The standard InChI is InChI=1S/C14H17FN2O4/c1-3-9(2)16-14(20)17-12(18)8-21-13(19)10-6-4-5-7-11(10)15/h4-7,9H,3,8H2,1-2H3,(H2,16,17,18,20)/t9-/m1/s1. The smallest absolute Gasteiger partial charge is 0.341 e. The average molecular weight is 296 g/mol. The van der Waals surface area contributed by atoms with Crippen molar-refractivity contribution in [1.29, 1.82) is 0 Å². The van der Waals surface area contributed by atoms with Crippen molar-refractivity contribution >= 4 is 17.9 Å². The molecule has 0 aliphatic heterocycles. The molecular weight excluding hydrogens is 279 g/mol. The van der Waals surface area contributed by atoms with Gasteiger partial charge in [-0.2, -0.15) is 0 Å². The molecule has 3 amide bonds. The highest BCUT2D eigenvalue weighted by Gasteiger charge is 2.15. The zero-order chi connectivity index (χ0) is 15.8. The molecule has 0 spiro atoms. The van der Waals surface area contributed by atoms with Crippen molar-refractivity contribution in [3.63, 3.8) is 0 Å². The van der Waals surface area contributed by atoms with Crippen LogP contribution in [-0.2, 0) is 9.53 Å². The maximum absolute atomic E-state index is 13.3. The van der Waals surface area contributed by atoms with Crippen molar-refractivity contribution < 1.29 is 23.5 Å². The largest absolute Gasteiger partial charge is 0.452 e. The molecule has 0 saturated heterocycles. The van der Waals surface area contributed by atoms with Crippen molar-refractivity contribution in [3.05, 3.63) is 35.6 Å². The molecule has 1 aromatic rings. The molecule has 7 heteroatoms. The summed E-state index contributed by atoms with van der Waals surface area (Å²) in [5.74, 6) is -2.50. The Hall–Kier alpha value is -2.44. The van der Waals surface area contributed by atoms with Crippen LogP contribution in [0, 0.1) is 5.82 Å². The molecule has 2 N–H and O–H groups in total. The number of urea groups is 1. The fourth-order valence-corrected chi connectivity index (χ4v) is 1.36. The van der Waals surface area contributed by atoms with Crippen LogP contribution in [0.3, 0.4) is 0 Å². The molecule has 0 aromatic heterocycles. The number of nitrogens with one attached hydrogen (secondary N) is 2. The molecule has 6 nitrogen and oxygen atoms in total. The monoisotopic (exact) mass is 296 g/mol. The van der Waals surface area contributed by atoms with Gasteiger partial charge in [0, 0.05) is 6.04 Å². The van der Waals surface area contributed by atoms with Crippen LogP contribution in [0.15, 0.2) is 24.3 Å². The van der Waals surface area contributed by atoms with E-state index in [0.29, 0.717) is 6.42 Å². The number of halogens is 1. The Morgan fingerprint density at radius 2 is 1.95 bits per heavy atom. The number of esters is 1. The van der Waals surface area contributed by atoms with Crippen LogP contribution in [0.1, 0.15) is 30.6 Å². The lowest BCUT2D eigenvalue weighted by Gasteiger charge is -2.11. The number of hydrogen-bond acceptors (Lipinski definition) is 4. The van der Waals surface area contributed by atoms with E-state index in [1.807, 2.05) is 12.2 Å². The summed E-state index contributed by atoms with van der Waals surface area (Å²) >= 11 is 0. The predicted octanol–water partition coefficient (Wildman–Crippen LogP) is 1.61. The van der Waals surface area contributed by atoms with Crippen LogP contribution < -0.4 is 10.6 Å². The molecule has 0 saturated carbocycles. The van der Waals surface area contributed by atoms with Crippen molar-refractivity contribution in [2.24, 2.45) is 0 Å². The van der Waals surface area contributed by atoms with E-state index in [-0.39, 0.29) is 11.6 Å². The number of imide groups is 1. The second-order valence-electron chi connectivity index (χ2n) is 4.39. The van der Waals surface area contributed by atoms with Crippen molar-refractivity contribution in [2.75, 3.05) is 6.61 Å². The first-order valence-corrected chi connectivity index (χ1v) is 6.46. The zero-order valence-corrected chi connectivity index (χ0v) is 11.8. The fraction of sp³-hybridized carbons (Fsp3) is 0.357. The normalized spacial score (nSPS) is 11.4. The quantitative estimate of drug-likeness (QED) is 0.808. The third kappa shape index (κ3) is 5.60. The van der Waals surface area contributed by atoms with Gasteiger partial charge in [0.1, 0.15) is 5.82 Å². The molecule has 114 valence electrons. The molecule has 1 atom stereocenters. The van der Waals surface area contributed by atoms with Gasteiger partial charge in [-0.25, -0.2) is 14.0 Å². The molecule has 0 heterocycles. The van der Waals surface area contributed by atoms with E-state index in [4.69, 9.17) is 0 Å². The van der Waals surface area contributed by atoms with Gasteiger partial charge in [0.25, 0.3) is 5.91 Å². The Balaban J connectivity index is 2.41. The number of hydrogen-bond donors (Lipinski definition) is 2. The highest BCUT2D eigenvalue weighted by atomic mass is 19.1. The van der Waals surface area contributed by atoms with Gasteiger partial charge >= 0.3 is 12.0 Å². The molecule has 0 bridgehead atoms. The van der Waals surface area contributed by atoms with Gasteiger partial charge in [0.2, 0.25) is 0 Å². The van der Waals surface area contributed by atoms with Crippen molar-refractivity contribution in [3.8, 4) is 0 Å². The summed E-state index contributed by atoms with van der Waals surface area (Å²) < 4.78 is 17.9. The fourth-order valence-electron chi connectivity index (χ4n) is 1.36. The number of amides is 3. The third-order valence-corrected chi connectivity index (χ3v) is 2.67. The summed E-state index contributed by atoms with van der Waals surface area (Å²) in [6.07, 6.45) is 0.712. The van der Waals surface area contributed by atoms with E-state index < -0.39 is 30.3 Å². The molecule has 1 aromatic carbocycles. The first kappa shape index (κ1) is 16.6. The van der Waals surface area contributed by atoms with Gasteiger partial charge in [0.05, 0.1) is 5.56 Å². The van der Waals surface area contributed by atoms with E-state index in [1.165, 1.54) is 18.2 Å². The molecule has 1 rings (SSSR count). The van der Waals surface area contributed by atoms with Crippen LogP contribution in [0.5, 0.6) is 0 Å². The Morgan fingerprint density at radius 1 is 1.29 bits per heavy atom. The molecule has 0 fully saturated rings. The topological polar surface area (TPSA) is 84.5 Å². The van der Waals surface area contributed by atoms with E-state index in [2.05, 4.69) is 10.1 Å². The molecule has 0 unspecified atom stereocenters. The summed E-state index contributed by atoms with van der Waals surface area (Å²) in [6.45, 7) is 2.99. The van der Waals surface area contributed by atoms with E-state index in [0.717, 1.165) is 6.07 Å². The van der Waals surface area contributed by atoms with Gasteiger partial charge in [-0.15, -0.1) is 0 Å². The number of carbonyl (C=O) groups excluding carboxylic acids is 3. The number of benzene rings is 1. The Kier molecular flexibility index (Phi) is 6.32. The summed E-state index contributed by atoms with van der Waals surface area (Å²) in [7, 11) is 0. The van der Waals surface area contributed by atoms with Crippen molar-refractivity contribution in [1.82, 2.24) is 10.6 Å². The molecule has 21 heavy (non-hydrogen) atoms. The summed E-state index contributed by atoms with van der Waals surface area (Å²) in [4.78, 5) is 34.3. The molecule has 0 aliphatic rings. The maximum atomic E-state index is 13.3.